The summed E-state index contributed by atoms with van der Waals surface area (Å²) in [5, 5.41) is 14.2. The van der Waals surface area contributed by atoms with Crippen LogP contribution in [0.5, 0.6) is 0 Å². The number of hydrogen-bond donors (Lipinski definition) is 2. The fourth-order valence-electron chi connectivity index (χ4n) is 6.78. The molecule has 198 valence electrons. The number of carbonyl (C=O) groups excluding carboxylic acids is 3. The number of ether oxygens (including phenoxy) is 2. The van der Waals surface area contributed by atoms with Crippen LogP contribution in [0, 0.1) is 11.8 Å². The first-order valence-corrected chi connectivity index (χ1v) is 13.4. The highest BCUT2D eigenvalue weighted by Crippen LogP contribution is 2.63. The van der Waals surface area contributed by atoms with Gasteiger partial charge in [-0.1, -0.05) is 43.2 Å². The first-order chi connectivity index (χ1) is 17.8. The number of hydrogen-bond acceptors (Lipinski definition) is 6. The van der Waals surface area contributed by atoms with Crippen molar-refractivity contribution >= 4 is 34.2 Å². The molecule has 3 aliphatic rings. The van der Waals surface area contributed by atoms with Crippen LogP contribution in [-0.4, -0.2) is 64.8 Å². The molecule has 2 N–H and O–H groups in total. The molecular formula is C29H36N2O6. The van der Waals surface area contributed by atoms with Gasteiger partial charge in [0.2, 0.25) is 11.8 Å². The first kappa shape index (κ1) is 25.7. The Labute approximate surface area is 217 Å². The van der Waals surface area contributed by atoms with Crippen LogP contribution in [0.25, 0.3) is 10.8 Å². The van der Waals surface area contributed by atoms with Crippen molar-refractivity contribution in [1.82, 2.24) is 4.90 Å². The molecule has 2 bridgehead atoms. The molecule has 8 heteroatoms. The molecule has 0 saturated carbocycles. The number of fused-ring (bicyclic) bond motifs is 2. The topological polar surface area (TPSA) is 105 Å². The number of carbonyl (C=O) groups is 3. The van der Waals surface area contributed by atoms with E-state index in [0.29, 0.717) is 37.9 Å². The van der Waals surface area contributed by atoms with E-state index in [1.807, 2.05) is 49.4 Å². The van der Waals surface area contributed by atoms with Crippen molar-refractivity contribution in [3.63, 3.8) is 0 Å². The standard InChI is InChI=1S/C29H36N2O6/c1-3-36-27(35)23-22-26(34)31(16-8-4-5-9-17-32)24(29(22)15-14-28(23,2)37-29)25(33)30-21-13-12-19-10-6-7-11-20(19)18-21/h6-7,10-13,18,22-24,32H,3-5,8-9,14-17H2,1-2H3,(H,30,33)/t22-,23-,24?,28+,29?/m0/s1. The number of benzene rings is 2. The molecule has 3 fully saturated rings. The smallest absolute Gasteiger partial charge is 0.312 e. The summed E-state index contributed by atoms with van der Waals surface area (Å²) in [5.74, 6) is -2.40. The van der Waals surface area contributed by atoms with Crippen LogP contribution in [0.15, 0.2) is 42.5 Å². The van der Waals surface area contributed by atoms with Crippen LogP contribution in [0.2, 0.25) is 0 Å². The average Bonchev–Trinajstić information content (AvgIpc) is 3.44. The Bertz CT molecular complexity index is 1200. The van der Waals surface area contributed by atoms with Gasteiger partial charge >= 0.3 is 5.97 Å². The highest BCUT2D eigenvalue weighted by atomic mass is 16.6. The number of likely N-dealkylation sites (tertiary alicyclic amines) is 1. The van der Waals surface area contributed by atoms with Crippen LogP contribution < -0.4 is 5.32 Å². The van der Waals surface area contributed by atoms with Crippen molar-refractivity contribution in [3.8, 4) is 0 Å². The predicted molar refractivity (Wildman–Crippen MR) is 139 cm³/mol. The van der Waals surface area contributed by atoms with Gasteiger partial charge in [-0.15, -0.1) is 0 Å². The Kier molecular flexibility index (Phi) is 6.98. The fourth-order valence-corrected chi connectivity index (χ4v) is 6.78. The number of anilines is 1. The molecule has 8 nitrogen and oxygen atoms in total. The number of unbranched alkanes of at least 4 members (excludes halogenated alkanes) is 3. The third-order valence-corrected chi connectivity index (χ3v) is 8.39. The second-order valence-corrected chi connectivity index (χ2v) is 10.7. The number of rotatable bonds is 10. The Morgan fingerprint density at radius 1 is 1.11 bits per heavy atom. The lowest BCUT2D eigenvalue weighted by molar-refractivity contribution is -0.158. The van der Waals surface area contributed by atoms with Gasteiger partial charge in [0, 0.05) is 18.8 Å². The molecule has 3 heterocycles. The molecule has 0 aliphatic carbocycles. The summed E-state index contributed by atoms with van der Waals surface area (Å²) < 4.78 is 12.0. The van der Waals surface area contributed by atoms with Crippen LogP contribution in [0.3, 0.4) is 0 Å². The molecule has 2 unspecified atom stereocenters. The lowest BCUT2D eigenvalue weighted by Gasteiger charge is -2.33. The van der Waals surface area contributed by atoms with E-state index in [4.69, 9.17) is 14.6 Å². The first-order valence-electron chi connectivity index (χ1n) is 13.4. The quantitative estimate of drug-likeness (QED) is 0.375. The normalized spacial score (nSPS) is 30.1. The van der Waals surface area contributed by atoms with Gasteiger partial charge in [-0.3, -0.25) is 14.4 Å². The second-order valence-electron chi connectivity index (χ2n) is 10.7. The molecule has 5 atom stereocenters. The van der Waals surface area contributed by atoms with Crippen molar-refractivity contribution < 1.29 is 29.0 Å². The predicted octanol–water partition coefficient (Wildman–Crippen LogP) is 3.66. The zero-order valence-corrected chi connectivity index (χ0v) is 21.6. The zero-order valence-electron chi connectivity index (χ0n) is 21.6. The van der Waals surface area contributed by atoms with E-state index in [0.717, 1.165) is 23.6 Å². The molecule has 0 aromatic heterocycles. The Morgan fingerprint density at radius 2 is 1.86 bits per heavy atom. The number of nitrogens with one attached hydrogen (secondary N) is 1. The van der Waals surface area contributed by atoms with Gasteiger partial charge in [0.15, 0.2) is 0 Å². The summed E-state index contributed by atoms with van der Waals surface area (Å²) in [7, 11) is 0. The summed E-state index contributed by atoms with van der Waals surface area (Å²) in [4.78, 5) is 42.5. The van der Waals surface area contributed by atoms with Gasteiger partial charge in [-0.25, -0.2) is 0 Å². The summed E-state index contributed by atoms with van der Waals surface area (Å²) in [6, 6.07) is 12.8. The number of aliphatic hydroxyl groups excluding tert-OH is 1. The van der Waals surface area contributed by atoms with Gasteiger partial charge in [0.05, 0.1) is 18.1 Å². The third kappa shape index (κ3) is 4.30. The number of esters is 1. The zero-order chi connectivity index (χ0) is 26.2. The van der Waals surface area contributed by atoms with Gasteiger partial charge in [-0.2, -0.15) is 0 Å². The van der Waals surface area contributed by atoms with Crippen molar-refractivity contribution in [2.24, 2.45) is 11.8 Å². The van der Waals surface area contributed by atoms with Crippen LogP contribution in [0.4, 0.5) is 5.69 Å². The van der Waals surface area contributed by atoms with E-state index in [9.17, 15) is 14.4 Å². The summed E-state index contributed by atoms with van der Waals surface area (Å²) in [6.07, 6.45) is 4.22. The maximum absolute atomic E-state index is 13.9. The van der Waals surface area contributed by atoms with Gasteiger partial charge < -0.3 is 24.8 Å². The molecule has 2 aromatic rings. The van der Waals surface area contributed by atoms with E-state index in [1.165, 1.54) is 0 Å². The maximum atomic E-state index is 13.9. The van der Waals surface area contributed by atoms with Gasteiger partial charge in [0.1, 0.15) is 17.6 Å². The SMILES string of the molecule is CCOC(=O)[C@@H]1[C@H]2C(=O)N(CCCCCCO)C(C(=O)Nc3ccc4ccccc4c3)C23CC[C@@]1(C)O3. The molecule has 0 radical (unpaired) electrons. The largest absolute Gasteiger partial charge is 0.466 e. The summed E-state index contributed by atoms with van der Waals surface area (Å²) in [5.41, 5.74) is -1.24. The minimum atomic E-state index is -1.06. The molecule has 2 aromatic carbocycles. The van der Waals surface area contributed by atoms with Crippen molar-refractivity contribution in [3.05, 3.63) is 42.5 Å². The number of amides is 2. The molecule has 3 aliphatic heterocycles. The van der Waals surface area contributed by atoms with Crippen molar-refractivity contribution in [2.75, 3.05) is 25.1 Å². The van der Waals surface area contributed by atoms with Crippen LogP contribution >= 0.6 is 0 Å². The summed E-state index contributed by atoms with van der Waals surface area (Å²) >= 11 is 0. The van der Waals surface area contributed by atoms with Crippen molar-refractivity contribution in [2.45, 2.75) is 69.6 Å². The molecule has 2 amide bonds. The lowest BCUT2D eigenvalue weighted by atomic mass is 9.66. The molecule has 5 rings (SSSR count). The van der Waals surface area contributed by atoms with Gasteiger partial charge in [0.25, 0.3) is 0 Å². The van der Waals surface area contributed by atoms with Crippen LogP contribution in [0.1, 0.15) is 52.4 Å². The number of aliphatic hydroxyl groups is 1. The Morgan fingerprint density at radius 3 is 2.62 bits per heavy atom. The van der Waals surface area contributed by atoms with E-state index in [2.05, 4.69) is 5.32 Å². The lowest BCUT2D eigenvalue weighted by Crippen LogP contribution is -2.53. The second kappa shape index (κ2) is 10.1. The molecule has 37 heavy (non-hydrogen) atoms. The summed E-state index contributed by atoms with van der Waals surface area (Å²) in [6.45, 7) is 4.37. The van der Waals surface area contributed by atoms with Gasteiger partial charge in [-0.05, 0) is 62.4 Å². The maximum Gasteiger partial charge on any atom is 0.312 e. The van der Waals surface area contributed by atoms with E-state index in [1.54, 1.807) is 11.8 Å². The average molecular weight is 509 g/mol. The highest BCUT2D eigenvalue weighted by Gasteiger charge is 2.78. The Balaban J connectivity index is 1.46. The number of nitrogens with zero attached hydrogens (tertiary/aromatic N) is 1. The highest BCUT2D eigenvalue weighted by molar-refractivity contribution is 6.04. The monoisotopic (exact) mass is 508 g/mol. The molecule has 3 saturated heterocycles. The fraction of sp³-hybridized carbons (Fsp3) is 0.552. The van der Waals surface area contributed by atoms with Crippen LogP contribution in [-0.2, 0) is 23.9 Å². The van der Waals surface area contributed by atoms with E-state index < -0.39 is 35.0 Å². The van der Waals surface area contributed by atoms with E-state index >= 15 is 0 Å². The van der Waals surface area contributed by atoms with E-state index in [-0.39, 0.29) is 25.0 Å². The Hall–Kier alpha value is -2.97. The van der Waals surface area contributed by atoms with Crippen molar-refractivity contribution in [1.29, 1.82) is 0 Å². The minimum Gasteiger partial charge on any atom is -0.466 e. The minimum absolute atomic E-state index is 0.137. The third-order valence-electron chi connectivity index (χ3n) is 8.39. The molecular weight excluding hydrogens is 472 g/mol. The molecule has 1 spiro atoms.